The van der Waals surface area contributed by atoms with Gasteiger partial charge in [0.05, 0.1) is 17.4 Å². The summed E-state index contributed by atoms with van der Waals surface area (Å²) in [6, 6.07) is 15.3. The van der Waals surface area contributed by atoms with Crippen molar-refractivity contribution in [1.82, 2.24) is 15.3 Å². The number of aromatic amines is 1. The number of aromatic nitrogens is 2. The molecule has 1 fully saturated rings. The summed E-state index contributed by atoms with van der Waals surface area (Å²) < 4.78 is 0. The number of nitrogens with one attached hydrogen (secondary N) is 2. The second kappa shape index (κ2) is 8.50. The molecule has 1 aromatic heterocycles. The van der Waals surface area contributed by atoms with Crippen LogP contribution in [0.1, 0.15) is 37.7 Å². The largest absolute Gasteiger partial charge is 0.345 e. The second-order valence-electron chi connectivity index (χ2n) is 6.97. The molecule has 3 nitrogen and oxygen atoms in total. The molecule has 2 aromatic carbocycles. The van der Waals surface area contributed by atoms with Gasteiger partial charge in [0, 0.05) is 6.54 Å². The van der Waals surface area contributed by atoms with E-state index in [9.17, 15) is 0 Å². The molecule has 0 spiro atoms. The van der Waals surface area contributed by atoms with Crippen LogP contribution >= 0.6 is 12.4 Å². The van der Waals surface area contributed by atoms with Crippen molar-refractivity contribution in [2.24, 2.45) is 5.92 Å². The van der Waals surface area contributed by atoms with Crippen LogP contribution in [0.15, 0.2) is 48.8 Å². The fraction of sp³-hybridized carbons (Fsp3) is 0.381. The summed E-state index contributed by atoms with van der Waals surface area (Å²) in [7, 11) is 0. The highest BCUT2D eigenvalue weighted by Crippen LogP contribution is 2.25. The third-order valence-corrected chi connectivity index (χ3v) is 5.17. The van der Waals surface area contributed by atoms with Crippen LogP contribution in [0.25, 0.3) is 22.2 Å². The molecular weight excluding hydrogens is 330 g/mol. The molecule has 4 rings (SSSR count). The Morgan fingerprint density at radius 1 is 1.00 bits per heavy atom. The van der Waals surface area contributed by atoms with Crippen LogP contribution in [-0.4, -0.2) is 16.5 Å². The Bertz CT molecular complexity index is 806. The van der Waals surface area contributed by atoms with Crippen LogP contribution in [0, 0.1) is 5.92 Å². The summed E-state index contributed by atoms with van der Waals surface area (Å²) in [4.78, 5) is 7.48. The summed E-state index contributed by atoms with van der Waals surface area (Å²) in [6.07, 6.45) is 8.81. The van der Waals surface area contributed by atoms with Crippen molar-refractivity contribution in [1.29, 1.82) is 0 Å². The lowest BCUT2D eigenvalue weighted by Gasteiger charge is -2.21. The highest BCUT2D eigenvalue weighted by molar-refractivity contribution is 5.85. The van der Waals surface area contributed by atoms with E-state index in [0.717, 1.165) is 30.0 Å². The fourth-order valence-electron chi connectivity index (χ4n) is 3.79. The van der Waals surface area contributed by atoms with Crippen molar-refractivity contribution in [2.45, 2.75) is 38.6 Å². The second-order valence-corrected chi connectivity index (χ2v) is 6.97. The minimum absolute atomic E-state index is 0. The lowest BCUT2D eigenvalue weighted by molar-refractivity contribution is 0.342. The monoisotopic (exact) mass is 355 g/mol. The van der Waals surface area contributed by atoms with E-state index in [-0.39, 0.29) is 12.4 Å². The average molecular weight is 356 g/mol. The van der Waals surface area contributed by atoms with Gasteiger partial charge in [-0.1, -0.05) is 43.5 Å². The number of rotatable bonds is 5. The average Bonchev–Trinajstić information content (AvgIpc) is 3.11. The summed E-state index contributed by atoms with van der Waals surface area (Å²) in [5.74, 6) is 0.879. The van der Waals surface area contributed by atoms with Crippen molar-refractivity contribution in [3.63, 3.8) is 0 Å². The summed E-state index contributed by atoms with van der Waals surface area (Å²) >= 11 is 0. The molecule has 132 valence electrons. The SMILES string of the molecule is Cl.c1cc(CNCC2CCCCC2)cc(-c2ccc3nc[nH]c3c2)c1. The van der Waals surface area contributed by atoms with Gasteiger partial charge in [0.25, 0.3) is 0 Å². The third-order valence-electron chi connectivity index (χ3n) is 5.17. The number of hydrogen-bond acceptors (Lipinski definition) is 2. The van der Waals surface area contributed by atoms with Gasteiger partial charge in [-0.15, -0.1) is 12.4 Å². The topological polar surface area (TPSA) is 40.7 Å². The van der Waals surface area contributed by atoms with E-state index >= 15 is 0 Å². The van der Waals surface area contributed by atoms with E-state index in [2.05, 4.69) is 57.7 Å². The lowest BCUT2D eigenvalue weighted by atomic mass is 9.89. The molecule has 0 saturated heterocycles. The van der Waals surface area contributed by atoms with Crippen LogP contribution in [0.3, 0.4) is 0 Å². The first-order valence-corrected chi connectivity index (χ1v) is 9.12. The van der Waals surface area contributed by atoms with Crippen molar-refractivity contribution < 1.29 is 0 Å². The molecule has 4 heteroatoms. The van der Waals surface area contributed by atoms with Crippen LogP contribution in [-0.2, 0) is 6.54 Å². The van der Waals surface area contributed by atoms with Gasteiger partial charge in [-0.3, -0.25) is 0 Å². The molecule has 2 N–H and O–H groups in total. The highest BCUT2D eigenvalue weighted by atomic mass is 35.5. The van der Waals surface area contributed by atoms with E-state index in [1.807, 2.05) is 0 Å². The summed E-state index contributed by atoms with van der Waals surface area (Å²) in [5, 5.41) is 3.66. The molecule has 1 saturated carbocycles. The fourth-order valence-corrected chi connectivity index (χ4v) is 3.79. The maximum Gasteiger partial charge on any atom is 0.0931 e. The minimum atomic E-state index is 0. The van der Waals surface area contributed by atoms with Gasteiger partial charge >= 0.3 is 0 Å². The zero-order valence-corrected chi connectivity index (χ0v) is 15.3. The molecule has 0 atom stereocenters. The van der Waals surface area contributed by atoms with E-state index in [1.165, 1.54) is 48.8 Å². The molecular formula is C21H26ClN3. The molecule has 0 unspecified atom stereocenters. The van der Waals surface area contributed by atoms with Gasteiger partial charge in [-0.2, -0.15) is 0 Å². The van der Waals surface area contributed by atoms with E-state index in [0.29, 0.717) is 0 Å². The van der Waals surface area contributed by atoms with Crippen molar-refractivity contribution >= 4 is 23.4 Å². The predicted octanol–water partition coefficient (Wildman–Crippen LogP) is 5.32. The zero-order chi connectivity index (χ0) is 16.2. The van der Waals surface area contributed by atoms with E-state index < -0.39 is 0 Å². The van der Waals surface area contributed by atoms with Crippen LogP contribution in [0.2, 0.25) is 0 Å². The number of halogens is 1. The number of fused-ring (bicyclic) bond motifs is 1. The van der Waals surface area contributed by atoms with E-state index in [1.54, 1.807) is 6.33 Å². The Morgan fingerprint density at radius 3 is 2.72 bits per heavy atom. The quantitative estimate of drug-likeness (QED) is 0.650. The maximum absolute atomic E-state index is 4.29. The van der Waals surface area contributed by atoms with Crippen molar-refractivity contribution in [2.75, 3.05) is 6.54 Å². The van der Waals surface area contributed by atoms with Crippen molar-refractivity contribution in [3.8, 4) is 11.1 Å². The van der Waals surface area contributed by atoms with Gasteiger partial charge in [-0.25, -0.2) is 4.98 Å². The molecule has 0 aliphatic heterocycles. The van der Waals surface area contributed by atoms with E-state index in [4.69, 9.17) is 0 Å². The Labute approximate surface area is 155 Å². The molecule has 1 aliphatic carbocycles. The summed E-state index contributed by atoms with van der Waals surface area (Å²) in [5.41, 5.74) is 5.97. The van der Waals surface area contributed by atoms with Crippen molar-refractivity contribution in [3.05, 3.63) is 54.4 Å². The predicted molar refractivity (Wildman–Crippen MR) is 107 cm³/mol. The third kappa shape index (κ3) is 4.42. The number of hydrogen-bond donors (Lipinski definition) is 2. The van der Waals surface area contributed by atoms with Gasteiger partial charge in [0.15, 0.2) is 0 Å². The highest BCUT2D eigenvalue weighted by Gasteiger charge is 2.12. The minimum Gasteiger partial charge on any atom is -0.345 e. The number of imidazole rings is 1. The number of H-pyrrole nitrogens is 1. The smallest absolute Gasteiger partial charge is 0.0931 e. The Hall–Kier alpha value is -1.84. The van der Waals surface area contributed by atoms with Gasteiger partial charge in [0.2, 0.25) is 0 Å². The maximum atomic E-state index is 4.29. The first-order valence-electron chi connectivity index (χ1n) is 9.12. The Balaban J connectivity index is 0.00000182. The molecule has 25 heavy (non-hydrogen) atoms. The number of benzene rings is 2. The number of nitrogens with zero attached hydrogens (tertiary/aromatic N) is 1. The lowest BCUT2D eigenvalue weighted by Crippen LogP contribution is -2.24. The van der Waals surface area contributed by atoms with Gasteiger partial charge in [-0.05, 0) is 60.2 Å². The van der Waals surface area contributed by atoms with Gasteiger partial charge < -0.3 is 10.3 Å². The molecule has 1 heterocycles. The first kappa shape index (κ1) is 18.0. The van der Waals surface area contributed by atoms with Crippen LogP contribution in [0.4, 0.5) is 0 Å². The Kier molecular flexibility index (Phi) is 6.11. The molecule has 0 amide bonds. The molecule has 1 aliphatic rings. The van der Waals surface area contributed by atoms with Crippen LogP contribution < -0.4 is 5.32 Å². The zero-order valence-electron chi connectivity index (χ0n) is 14.5. The standard InChI is InChI=1S/C21H25N3.ClH/c1-2-5-16(6-3-1)13-22-14-17-7-4-8-18(11-17)19-9-10-20-21(12-19)24-15-23-20;/h4,7-12,15-16,22H,1-3,5-6,13-14H2,(H,23,24);1H. The molecule has 3 aromatic rings. The van der Waals surface area contributed by atoms with Gasteiger partial charge in [0.1, 0.15) is 0 Å². The first-order chi connectivity index (χ1) is 11.9. The van der Waals surface area contributed by atoms with Crippen LogP contribution in [0.5, 0.6) is 0 Å². The summed E-state index contributed by atoms with van der Waals surface area (Å²) in [6.45, 7) is 2.11. The molecule has 0 bridgehead atoms. The Morgan fingerprint density at radius 2 is 1.84 bits per heavy atom. The molecule has 0 radical (unpaired) electrons. The normalized spacial score (nSPS) is 15.2.